The third kappa shape index (κ3) is 2.86. The topological polar surface area (TPSA) is 54.1 Å². The normalized spacial score (nSPS) is 16.5. The predicted molar refractivity (Wildman–Crippen MR) is 85.2 cm³/mol. The summed E-state index contributed by atoms with van der Waals surface area (Å²) in [7, 11) is 0. The summed E-state index contributed by atoms with van der Waals surface area (Å²) < 4.78 is 58.6. The summed E-state index contributed by atoms with van der Waals surface area (Å²) in [5.41, 5.74) is -1.01. The molecule has 0 atom stereocenters. The lowest BCUT2D eigenvalue weighted by atomic mass is 10.1. The first-order chi connectivity index (χ1) is 12.5. The minimum atomic E-state index is -1.71. The second kappa shape index (κ2) is 7.25. The molecule has 8 heteroatoms. The van der Waals surface area contributed by atoms with Crippen molar-refractivity contribution in [3.63, 3.8) is 0 Å². The lowest BCUT2D eigenvalue weighted by Crippen LogP contribution is -2.41. The SMILES string of the molecule is N#CC(C#N)=c1c(F)c(F)c(=C(N2CCCC2)N2CCCC2)c(F)c1F. The van der Waals surface area contributed by atoms with E-state index in [0.29, 0.717) is 26.2 Å². The maximum absolute atomic E-state index is 14.8. The zero-order valence-corrected chi connectivity index (χ0v) is 14.0. The van der Waals surface area contributed by atoms with Gasteiger partial charge in [-0.15, -0.1) is 0 Å². The van der Waals surface area contributed by atoms with Crippen molar-refractivity contribution in [1.29, 1.82) is 10.5 Å². The molecule has 1 aromatic rings. The van der Waals surface area contributed by atoms with Crippen LogP contribution < -0.4 is 10.4 Å². The molecule has 0 N–H and O–H groups in total. The van der Waals surface area contributed by atoms with Crippen LogP contribution >= 0.6 is 0 Å². The Labute approximate surface area is 147 Å². The third-order valence-electron chi connectivity index (χ3n) is 4.77. The van der Waals surface area contributed by atoms with E-state index in [0.717, 1.165) is 25.7 Å². The zero-order valence-electron chi connectivity index (χ0n) is 14.0. The number of nitrogens with zero attached hydrogens (tertiary/aromatic N) is 4. The highest BCUT2D eigenvalue weighted by Crippen LogP contribution is 2.23. The number of benzene rings is 1. The highest BCUT2D eigenvalue weighted by Gasteiger charge is 2.29. The van der Waals surface area contributed by atoms with E-state index < -0.39 is 39.3 Å². The van der Waals surface area contributed by atoms with E-state index in [9.17, 15) is 17.6 Å². The Morgan fingerprint density at radius 3 is 1.35 bits per heavy atom. The Balaban J connectivity index is 2.43. The van der Waals surface area contributed by atoms with Gasteiger partial charge in [-0.3, -0.25) is 0 Å². The number of nitriles is 2. The van der Waals surface area contributed by atoms with Crippen molar-refractivity contribution < 1.29 is 17.6 Å². The van der Waals surface area contributed by atoms with Crippen molar-refractivity contribution in [1.82, 2.24) is 9.80 Å². The summed E-state index contributed by atoms with van der Waals surface area (Å²) in [5.74, 6) is -6.43. The quantitative estimate of drug-likeness (QED) is 0.592. The third-order valence-corrected chi connectivity index (χ3v) is 4.77. The Bertz CT molecular complexity index is 861. The molecular formula is C18H16F4N4. The molecule has 2 aliphatic rings. The summed E-state index contributed by atoms with van der Waals surface area (Å²) in [4.78, 5) is 3.48. The smallest absolute Gasteiger partial charge is 0.173 e. The summed E-state index contributed by atoms with van der Waals surface area (Å²) in [5, 5.41) is 15.6. The van der Waals surface area contributed by atoms with Gasteiger partial charge in [0.2, 0.25) is 0 Å². The van der Waals surface area contributed by atoms with Crippen LogP contribution in [-0.4, -0.2) is 36.0 Å². The van der Waals surface area contributed by atoms with Crippen LogP contribution in [0.5, 0.6) is 0 Å². The van der Waals surface area contributed by atoms with Gasteiger partial charge in [-0.25, -0.2) is 17.6 Å². The molecule has 0 bridgehead atoms. The van der Waals surface area contributed by atoms with E-state index in [1.165, 1.54) is 12.1 Å². The lowest BCUT2D eigenvalue weighted by Gasteiger charge is -2.30. The van der Waals surface area contributed by atoms with Crippen LogP contribution in [0.2, 0.25) is 0 Å². The van der Waals surface area contributed by atoms with Crippen LogP contribution in [0, 0.1) is 45.9 Å². The molecule has 136 valence electrons. The first-order valence-corrected chi connectivity index (χ1v) is 8.42. The molecule has 3 rings (SSSR count). The van der Waals surface area contributed by atoms with E-state index in [2.05, 4.69) is 0 Å². The summed E-state index contributed by atoms with van der Waals surface area (Å²) in [6, 6.07) is 2.56. The van der Waals surface area contributed by atoms with E-state index in [4.69, 9.17) is 10.5 Å². The molecule has 0 saturated carbocycles. The van der Waals surface area contributed by atoms with Crippen LogP contribution in [0.4, 0.5) is 17.6 Å². The molecule has 1 aromatic carbocycles. The molecule has 2 saturated heterocycles. The van der Waals surface area contributed by atoms with Crippen LogP contribution in [-0.2, 0) is 0 Å². The van der Waals surface area contributed by atoms with Gasteiger partial charge >= 0.3 is 0 Å². The second-order valence-electron chi connectivity index (χ2n) is 6.32. The molecule has 2 heterocycles. The van der Waals surface area contributed by atoms with Gasteiger partial charge < -0.3 is 9.80 Å². The van der Waals surface area contributed by atoms with E-state index in [1.807, 2.05) is 0 Å². The van der Waals surface area contributed by atoms with Gasteiger partial charge in [0.15, 0.2) is 23.3 Å². The highest BCUT2D eigenvalue weighted by molar-refractivity contribution is 5.72. The van der Waals surface area contributed by atoms with Crippen molar-refractivity contribution in [2.24, 2.45) is 0 Å². The number of hydrogen-bond acceptors (Lipinski definition) is 4. The van der Waals surface area contributed by atoms with Crippen molar-refractivity contribution in [3.8, 4) is 12.1 Å². The molecule has 4 nitrogen and oxygen atoms in total. The van der Waals surface area contributed by atoms with E-state index in [-0.39, 0.29) is 5.82 Å². The van der Waals surface area contributed by atoms with Crippen LogP contribution in [0.25, 0.3) is 11.4 Å². The molecule has 0 spiro atoms. The molecule has 0 radical (unpaired) electrons. The van der Waals surface area contributed by atoms with Gasteiger partial charge in [0.05, 0.1) is 10.4 Å². The fraction of sp³-hybridized carbons (Fsp3) is 0.444. The van der Waals surface area contributed by atoms with Crippen molar-refractivity contribution >= 4 is 11.4 Å². The van der Waals surface area contributed by atoms with Gasteiger partial charge in [-0.2, -0.15) is 10.5 Å². The van der Waals surface area contributed by atoms with Gasteiger partial charge in [-0.1, -0.05) is 0 Å². The Morgan fingerprint density at radius 2 is 1.00 bits per heavy atom. The van der Waals surface area contributed by atoms with Gasteiger partial charge in [0, 0.05) is 26.2 Å². The van der Waals surface area contributed by atoms with Crippen LogP contribution in [0.3, 0.4) is 0 Å². The molecule has 2 fully saturated rings. The zero-order chi connectivity index (χ0) is 18.8. The fourth-order valence-electron chi connectivity index (χ4n) is 3.56. The van der Waals surface area contributed by atoms with Gasteiger partial charge in [0.1, 0.15) is 23.5 Å². The number of likely N-dealkylation sites (tertiary alicyclic amines) is 2. The number of halogens is 4. The minimum absolute atomic E-state index is 0.148. The van der Waals surface area contributed by atoms with E-state index >= 15 is 0 Å². The van der Waals surface area contributed by atoms with Crippen molar-refractivity contribution in [2.45, 2.75) is 25.7 Å². The molecule has 0 aliphatic carbocycles. The maximum Gasteiger partial charge on any atom is 0.173 e. The Hall–Kier alpha value is -2.74. The highest BCUT2D eigenvalue weighted by atomic mass is 19.2. The molecule has 0 amide bonds. The fourth-order valence-corrected chi connectivity index (χ4v) is 3.56. The van der Waals surface area contributed by atoms with Crippen molar-refractivity contribution in [2.75, 3.05) is 26.2 Å². The standard InChI is InChI=1S/C18H16F4N4/c19-14-12(11(9-23)10-24)15(20)17(22)13(16(14)21)18(25-5-1-2-6-25)26-7-3-4-8-26/h1-8H2. The number of hydrogen-bond donors (Lipinski definition) is 0. The predicted octanol–water partition coefficient (Wildman–Crippen LogP) is 1.70. The molecule has 0 aromatic heterocycles. The molecular weight excluding hydrogens is 348 g/mol. The summed E-state index contributed by atoms with van der Waals surface area (Å²) in [6.45, 7) is 2.18. The molecule has 0 unspecified atom stereocenters. The van der Waals surface area contributed by atoms with E-state index in [1.54, 1.807) is 9.80 Å². The monoisotopic (exact) mass is 364 g/mol. The van der Waals surface area contributed by atoms with Crippen molar-refractivity contribution in [3.05, 3.63) is 33.7 Å². The first kappa shape index (κ1) is 18.1. The lowest BCUT2D eigenvalue weighted by molar-refractivity contribution is 0.338. The van der Waals surface area contributed by atoms with Crippen LogP contribution in [0.1, 0.15) is 25.7 Å². The van der Waals surface area contributed by atoms with Gasteiger partial charge in [0.25, 0.3) is 0 Å². The average molecular weight is 364 g/mol. The largest absolute Gasteiger partial charge is 0.358 e. The maximum atomic E-state index is 14.8. The second-order valence-corrected chi connectivity index (χ2v) is 6.32. The Kier molecular flexibility index (Phi) is 5.03. The molecule has 2 aliphatic heterocycles. The Morgan fingerprint density at radius 1 is 0.654 bits per heavy atom. The van der Waals surface area contributed by atoms with Gasteiger partial charge in [-0.05, 0) is 25.7 Å². The minimum Gasteiger partial charge on any atom is -0.358 e. The average Bonchev–Trinajstić information content (AvgIpc) is 3.34. The summed E-state index contributed by atoms with van der Waals surface area (Å²) in [6.07, 6.45) is 3.30. The number of rotatable bonds is 2. The first-order valence-electron chi connectivity index (χ1n) is 8.42. The molecule has 26 heavy (non-hydrogen) atoms. The van der Waals surface area contributed by atoms with Crippen LogP contribution in [0.15, 0.2) is 0 Å². The summed E-state index contributed by atoms with van der Waals surface area (Å²) >= 11 is 0.